The first-order chi connectivity index (χ1) is 16.0. The normalized spacial score (nSPS) is 24.4. The molecule has 1 aromatic heterocycles. The summed E-state index contributed by atoms with van der Waals surface area (Å²) in [6.45, 7) is 2.66. The largest absolute Gasteiger partial charge is 0.546 e. The van der Waals surface area contributed by atoms with Gasteiger partial charge in [-0.1, -0.05) is 41.9 Å². The third-order valence-electron chi connectivity index (χ3n) is 6.14. The van der Waals surface area contributed by atoms with E-state index in [1.165, 1.54) is 6.07 Å². The maximum atomic E-state index is 14.9. The molecule has 1 unspecified atom stereocenters. The van der Waals surface area contributed by atoms with Gasteiger partial charge in [0.15, 0.2) is 11.1 Å². The average Bonchev–Trinajstić information content (AvgIpc) is 3.17. The van der Waals surface area contributed by atoms with E-state index in [1.807, 2.05) is 37.3 Å². The van der Waals surface area contributed by atoms with Gasteiger partial charge in [-0.15, -0.1) is 0 Å². The zero-order chi connectivity index (χ0) is 22.9. The number of rotatable bonds is 6. The van der Waals surface area contributed by atoms with Gasteiger partial charge in [-0.3, -0.25) is 0 Å². The number of nitrogens with one attached hydrogen (secondary N) is 2. The fourth-order valence-electron chi connectivity index (χ4n) is 4.73. The van der Waals surface area contributed by atoms with Gasteiger partial charge in [-0.25, -0.2) is 4.39 Å². The minimum Gasteiger partial charge on any atom is -0.546 e. The van der Waals surface area contributed by atoms with Crippen LogP contribution >= 0.6 is 22.7 Å². The average molecular weight is 491 g/mol. The van der Waals surface area contributed by atoms with Crippen LogP contribution < -0.4 is 15.4 Å². The number of halogens is 2. The number of ether oxygens (including phenoxy) is 2. The lowest BCUT2D eigenvalue weighted by Gasteiger charge is -2.45. The molecule has 2 aliphatic rings. The van der Waals surface area contributed by atoms with Crippen LogP contribution in [0.2, 0.25) is 5.02 Å². The predicted molar refractivity (Wildman–Crippen MR) is 125 cm³/mol. The fourth-order valence-corrected chi connectivity index (χ4v) is 5.56. The van der Waals surface area contributed by atoms with Crippen molar-refractivity contribution in [2.24, 2.45) is 5.92 Å². The molecular weight excluding hydrogens is 467 g/mol. The highest BCUT2D eigenvalue weighted by Gasteiger charge is 2.43. The number of hydrogen-bond donors (Lipinski definition) is 2. The Morgan fingerprint density at radius 3 is 2.88 bits per heavy atom. The standard InChI is InChI=1S/C23H24ClFN4O3S/c1-2-31-23-22(28-33(30)29-23)26-12-15-8-9-16-19(13-6-4-3-5-7-13)27-20-17(21(16)32-15)10-14(24)11-18(20)25/h3-7,10-11,15-16,19,21,27H,2,8-9,12H2,1H3,(H,26,28)/t15-,16+,19+,21+,33?/m1/s1. The van der Waals surface area contributed by atoms with Gasteiger partial charge in [0.25, 0.3) is 5.82 Å². The van der Waals surface area contributed by atoms with Crippen molar-refractivity contribution in [3.05, 3.63) is 64.4 Å². The molecule has 3 aromatic rings. The molecule has 2 aliphatic heterocycles. The maximum Gasteiger partial charge on any atom is 0.318 e. The van der Waals surface area contributed by atoms with E-state index in [-0.39, 0.29) is 35.9 Å². The van der Waals surface area contributed by atoms with Gasteiger partial charge in [-0.05, 0) is 37.5 Å². The van der Waals surface area contributed by atoms with E-state index in [0.29, 0.717) is 29.7 Å². The zero-order valence-corrected chi connectivity index (χ0v) is 19.5. The third-order valence-corrected chi connectivity index (χ3v) is 7.02. The summed E-state index contributed by atoms with van der Waals surface area (Å²) < 4.78 is 46.4. The Balaban J connectivity index is 1.40. The zero-order valence-electron chi connectivity index (χ0n) is 18.0. The van der Waals surface area contributed by atoms with Crippen molar-refractivity contribution >= 4 is 34.2 Å². The minimum atomic E-state index is -1.68. The summed E-state index contributed by atoms with van der Waals surface area (Å²) in [7, 11) is 0. The van der Waals surface area contributed by atoms with Gasteiger partial charge < -0.3 is 24.7 Å². The van der Waals surface area contributed by atoms with Gasteiger partial charge in [-0.2, -0.15) is 0 Å². The molecule has 0 bridgehead atoms. The molecule has 1 fully saturated rings. The molecule has 3 heterocycles. The van der Waals surface area contributed by atoms with Gasteiger partial charge in [0.05, 0.1) is 30.5 Å². The van der Waals surface area contributed by atoms with E-state index in [9.17, 15) is 8.94 Å². The molecule has 174 valence electrons. The van der Waals surface area contributed by atoms with Crippen molar-refractivity contribution in [2.75, 3.05) is 23.8 Å². The number of benzene rings is 2. The van der Waals surface area contributed by atoms with E-state index in [1.54, 1.807) is 6.07 Å². The summed E-state index contributed by atoms with van der Waals surface area (Å²) in [4.78, 5) is 0. The highest BCUT2D eigenvalue weighted by Crippen LogP contribution is 2.51. The van der Waals surface area contributed by atoms with Crippen molar-refractivity contribution in [1.29, 1.82) is 0 Å². The van der Waals surface area contributed by atoms with Crippen molar-refractivity contribution in [1.82, 2.24) is 8.75 Å². The Morgan fingerprint density at radius 1 is 1.27 bits per heavy atom. The van der Waals surface area contributed by atoms with Gasteiger partial charge in [0.1, 0.15) is 5.82 Å². The van der Waals surface area contributed by atoms with Gasteiger partial charge >= 0.3 is 5.88 Å². The molecule has 2 N–H and O–H groups in total. The summed E-state index contributed by atoms with van der Waals surface area (Å²) in [6.07, 6.45) is 1.20. The van der Waals surface area contributed by atoms with Crippen LogP contribution in [0, 0.1) is 11.7 Å². The fraction of sp³-hybridized carbons (Fsp3) is 0.391. The topological polar surface area (TPSA) is 91.4 Å². The number of hydrogen-bond acceptors (Lipinski definition) is 7. The first-order valence-corrected chi connectivity index (χ1v) is 12.4. The predicted octanol–water partition coefficient (Wildman–Crippen LogP) is 5.51. The number of fused-ring (bicyclic) bond motifs is 3. The van der Waals surface area contributed by atoms with Crippen LogP contribution in [0.4, 0.5) is 15.9 Å². The molecular formula is C23H24ClFN4O3S. The first kappa shape index (κ1) is 22.3. The maximum absolute atomic E-state index is 14.9. The quantitative estimate of drug-likeness (QED) is 0.440. The Kier molecular flexibility index (Phi) is 6.38. The molecule has 0 spiro atoms. The molecule has 0 aliphatic carbocycles. The van der Waals surface area contributed by atoms with Crippen molar-refractivity contribution in [2.45, 2.75) is 38.0 Å². The van der Waals surface area contributed by atoms with Crippen LogP contribution in [-0.2, 0) is 4.74 Å². The van der Waals surface area contributed by atoms with Crippen LogP contribution in [0.15, 0.2) is 42.5 Å². The number of aromatic nitrogens is 2. The van der Waals surface area contributed by atoms with Crippen LogP contribution in [0.5, 0.6) is 5.88 Å². The smallest absolute Gasteiger partial charge is 0.318 e. The number of anilines is 2. The molecule has 1 saturated heterocycles. The van der Waals surface area contributed by atoms with E-state index >= 15 is 0 Å². The molecule has 0 amide bonds. The molecule has 5 rings (SSSR count). The monoisotopic (exact) mass is 490 g/mol. The molecule has 5 atom stereocenters. The summed E-state index contributed by atoms with van der Waals surface area (Å²) in [5.74, 6) is 0.338. The summed E-state index contributed by atoms with van der Waals surface area (Å²) in [5, 5.41) is 6.91. The van der Waals surface area contributed by atoms with Crippen LogP contribution in [0.3, 0.4) is 0 Å². The lowest BCUT2D eigenvalue weighted by molar-refractivity contribution is -0.0873. The molecule has 2 aromatic carbocycles. The van der Waals surface area contributed by atoms with Crippen molar-refractivity contribution in [3.63, 3.8) is 0 Å². The highest BCUT2D eigenvalue weighted by atomic mass is 35.5. The Morgan fingerprint density at radius 2 is 2.09 bits per heavy atom. The van der Waals surface area contributed by atoms with E-state index < -0.39 is 11.1 Å². The lowest BCUT2D eigenvalue weighted by Crippen LogP contribution is -2.41. The second-order valence-electron chi connectivity index (χ2n) is 8.19. The molecule has 10 heteroatoms. The Labute approximate surface area is 199 Å². The second-order valence-corrected chi connectivity index (χ2v) is 9.45. The molecule has 0 radical (unpaired) electrons. The van der Waals surface area contributed by atoms with Crippen molar-refractivity contribution in [3.8, 4) is 5.88 Å². The number of nitrogens with zero attached hydrogens (tertiary/aromatic N) is 2. The van der Waals surface area contributed by atoms with Crippen molar-refractivity contribution < 1.29 is 18.4 Å². The molecule has 33 heavy (non-hydrogen) atoms. The molecule has 0 saturated carbocycles. The van der Waals surface area contributed by atoms with Crippen LogP contribution in [-0.4, -0.2) is 32.6 Å². The van der Waals surface area contributed by atoms with E-state index in [2.05, 4.69) is 19.4 Å². The van der Waals surface area contributed by atoms with Crippen LogP contribution in [0.1, 0.15) is 43.0 Å². The lowest BCUT2D eigenvalue weighted by atomic mass is 9.76. The van der Waals surface area contributed by atoms with Crippen LogP contribution in [0.25, 0.3) is 0 Å². The Hall–Kier alpha value is -2.46. The SMILES string of the molecule is CCOc1n[s+]([O-])nc1NC[C@H]1CC[C@@H]2[C@H](O1)c1cc(Cl)cc(F)c1N[C@H]2c1ccccc1. The Bertz CT molecular complexity index is 1130. The third kappa shape index (κ3) is 4.50. The summed E-state index contributed by atoms with van der Waals surface area (Å²) in [5.41, 5.74) is 2.26. The van der Waals surface area contributed by atoms with E-state index in [4.69, 9.17) is 21.1 Å². The summed E-state index contributed by atoms with van der Waals surface area (Å²) in [6, 6.07) is 13.1. The van der Waals surface area contributed by atoms with E-state index in [0.717, 1.165) is 24.0 Å². The highest BCUT2D eigenvalue weighted by molar-refractivity contribution is 7.14. The van der Waals surface area contributed by atoms with Gasteiger partial charge in [0, 0.05) is 31.8 Å². The first-order valence-electron chi connectivity index (χ1n) is 11.0. The minimum absolute atomic E-state index is 0.0772. The summed E-state index contributed by atoms with van der Waals surface area (Å²) >= 11 is 4.53. The van der Waals surface area contributed by atoms with Gasteiger partial charge in [0.2, 0.25) is 0 Å². The molecule has 7 nitrogen and oxygen atoms in total. The second kappa shape index (κ2) is 9.42.